The van der Waals surface area contributed by atoms with Crippen LogP contribution in [0.4, 0.5) is 0 Å². The molecule has 0 aliphatic carbocycles. The van der Waals surface area contributed by atoms with Crippen LogP contribution in [-0.2, 0) is 9.47 Å². The molecule has 0 aliphatic rings. The third-order valence-electron chi connectivity index (χ3n) is 2.63. The van der Waals surface area contributed by atoms with Gasteiger partial charge in [0.05, 0.1) is 23.2 Å². The molecule has 0 aromatic heterocycles. The first kappa shape index (κ1) is 19.8. The minimum absolute atomic E-state index is 0.407. The Morgan fingerprint density at radius 2 is 1.57 bits per heavy atom. The van der Waals surface area contributed by atoms with Crippen molar-refractivity contribution in [2.45, 2.75) is 19.4 Å². The van der Waals surface area contributed by atoms with Gasteiger partial charge in [-0.25, -0.2) is 0 Å². The van der Waals surface area contributed by atoms with Crippen molar-refractivity contribution in [1.82, 2.24) is 0 Å². The number of ether oxygens (including phenoxy) is 4. The second-order valence-corrected chi connectivity index (χ2v) is 6.12. The minimum atomic E-state index is -1.09. The summed E-state index contributed by atoms with van der Waals surface area (Å²) < 4.78 is 22.1. The molecule has 1 aromatic rings. The van der Waals surface area contributed by atoms with Crippen LogP contribution in [0, 0.1) is 11.8 Å². The molecule has 0 spiro atoms. The fraction of sp³-hybridized carbons (Fsp3) is 0.529. The molecule has 128 valence electrons. The maximum absolute atomic E-state index is 9.79. The lowest BCUT2D eigenvalue weighted by Crippen LogP contribution is -2.14. The predicted molar refractivity (Wildman–Crippen MR) is 92.1 cm³/mol. The Hall–Kier alpha value is -1.26. The molecule has 0 unspecified atom stereocenters. The molecule has 1 rings (SSSR count). The van der Waals surface area contributed by atoms with Gasteiger partial charge in [-0.15, -0.1) is 0 Å². The average Bonchev–Trinajstić information content (AvgIpc) is 2.47. The van der Waals surface area contributed by atoms with Gasteiger partial charge >= 0.3 is 0 Å². The van der Waals surface area contributed by atoms with Crippen LogP contribution in [0.1, 0.15) is 19.4 Å². The lowest BCUT2D eigenvalue weighted by atomic mass is 10.1. The van der Waals surface area contributed by atoms with Crippen LogP contribution in [0.25, 0.3) is 0 Å². The first-order valence-electron chi connectivity index (χ1n) is 7.20. The summed E-state index contributed by atoms with van der Waals surface area (Å²) in [5.41, 5.74) is -0.452. The van der Waals surface area contributed by atoms with Crippen molar-refractivity contribution in [3.63, 3.8) is 0 Å². The highest BCUT2D eigenvalue weighted by Gasteiger charge is 2.12. The second-order valence-electron chi connectivity index (χ2n) is 5.27. The molecule has 0 atom stereocenters. The summed E-state index contributed by atoms with van der Waals surface area (Å²) in [5.74, 6) is 6.96. The van der Waals surface area contributed by atoms with E-state index in [1.165, 1.54) is 0 Å². The first-order valence-corrected chi connectivity index (χ1v) is 7.99. The number of aliphatic hydroxyl groups is 1. The first-order chi connectivity index (χ1) is 10.9. The quantitative estimate of drug-likeness (QED) is 0.549. The van der Waals surface area contributed by atoms with E-state index >= 15 is 0 Å². The number of benzene rings is 1. The summed E-state index contributed by atoms with van der Waals surface area (Å²) in [4.78, 5) is 0. The standard InChI is InChI=1S/C17H23BrO5/c1-17(2,19)6-5-13-11-16(23-10-8-21-4)14(18)12-15(13)22-9-7-20-3/h11-12,19H,7-10H2,1-4H3. The van der Waals surface area contributed by atoms with Crippen molar-refractivity contribution in [1.29, 1.82) is 0 Å². The molecule has 1 aromatic carbocycles. The van der Waals surface area contributed by atoms with Crippen LogP contribution < -0.4 is 9.47 Å². The zero-order valence-corrected chi connectivity index (χ0v) is 15.5. The van der Waals surface area contributed by atoms with Gasteiger partial charge in [-0.05, 0) is 35.8 Å². The van der Waals surface area contributed by atoms with E-state index in [0.29, 0.717) is 43.5 Å². The van der Waals surface area contributed by atoms with E-state index in [2.05, 4.69) is 27.8 Å². The van der Waals surface area contributed by atoms with Gasteiger partial charge in [-0.3, -0.25) is 0 Å². The molecule has 0 radical (unpaired) electrons. The van der Waals surface area contributed by atoms with E-state index in [9.17, 15) is 5.11 Å². The van der Waals surface area contributed by atoms with Gasteiger partial charge in [0.25, 0.3) is 0 Å². The second kappa shape index (κ2) is 9.78. The van der Waals surface area contributed by atoms with E-state index in [1.54, 1.807) is 40.2 Å². The van der Waals surface area contributed by atoms with Crippen molar-refractivity contribution in [2.75, 3.05) is 40.6 Å². The summed E-state index contributed by atoms with van der Waals surface area (Å²) in [6.07, 6.45) is 0. The Kier molecular flexibility index (Phi) is 8.42. The minimum Gasteiger partial charge on any atom is -0.490 e. The molecule has 5 nitrogen and oxygen atoms in total. The zero-order chi connectivity index (χ0) is 17.3. The van der Waals surface area contributed by atoms with Gasteiger partial charge in [0.1, 0.15) is 30.3 Å². The molecule has 0 fully saturated rings. The van der Waals surface area contributed by atoms with Crippen LogP contribution in [0.5, 0.6) is 11.5 Å². The van der Waals surface area contributed by atoms with Crippen molar-refractivity contribution in [3.8, 4) is 23.3 Å². The smallest absolute Gasteiger partial charge is 0.136 e. The average molecular weight is 387 g/mol. The number of hydrogen-bond donors (Lipinski definition) is 1. The molecule has 0 aliphatic heterocycles. The fourth-order valence-corrected chi connectivity index (χ4v) is 1.99. The SMILES string of the molecule is COCCOc1cc(C#CC(C)(C)O)c(OCCOC)cc1Br. The van der Waals surface area contributed by atoms with E-state index in [0.717, 1.165) is 4.47 Å². The highest BCUT2D eigenvalue weighted by atomic mass is 79.9. The molecule has 0 heterocycles. The van der Waals surface area contributed by atoms with Crippen LogP contribution in [-0.4, -0.2) is 51.4 Å². The van der Waals surface area contributed by atoms with Gasteiger partial charge in [0.15, 0.2) is 0 Å². The molecule has 0 saturated heterocycles. The highest BCUT2D eigenvalue weighted by molar-refractivity contribution is 9.10. The molecule has 0 amide bonds. The van der Waals surface area contributed by atoms with Gasteiger partial charge in [0.2, 0.25) is 0 Å². The fourth-order valence-electron chi connectivity index (χ4n) is 1.55. The van der Waals surface area contributed by atoms with Crippen LogP contribution >= 0.6 is 15.9 Å². The van der Waals surface area contributed by atoms with Crippen LogP contribution in [0.15, 0.2) is 16.6 Å². The zero-order valence-electron chi connectivity index (χ0n) is 13.9. The van der Waals surface area contributed by atoms with Gasteiger partial charge < -0.3 is 24.1 Å². The predicted octanol–water partition coefficient (Wildman–Crippen LogP) is 2.62. The van der Waals surface area contributed by atoms with Gasteiger partial charge in [0, 0.05) is 20.3 Å². The number of halogens is 1. The maximum atomic E-state index is 9.79. The molecule has 0 saturated carbocycles. The summed E-state index contributed by atoms with van der Waals surface area (Å²) in [6, 6.07) is 3.58. The molecular weight excluding hydrogens is 364 g/mol. The Morgan fingerprint density at radius 3 is 2.09 bits per heavy atom. The van der Waals surface area contributed by atoms with E-state index < -0.39 is 5.60 Å². The number of hydrogen-bond acceptors (Lipinski definition) is 5. The summed E-state index contributed by atoms with van der Waals surface area (Å²) in [7, 11) is 3.23. The largest absolute Gasteiger partial charge is 0.490 e. The van der Waals surface area contributed by atoms with Crippen molar-refractivity contribution in [3.05, 3.63) is 22.2 Å². The maximum Gasteiger partial charge on any atom is 0.136 e. The molecule has 23 heavy (non-hydrogen) atoms. The lowest BCUT2D eigenvalue weighted by molar-refractivity contribution is 0.143. The molecule has 6 heteroatoms. The monoisotopic (exact) mass is 386 g/mol. The van der Waals surface area contributed by atoms with Gasteiger partial charge in [-0.1, -0.05) is 11.8 Å². The Balaban J connectivity index is 3.06. The van der Waals surface area contributed by atoms with E-state index in [4.69, 9.17) is 18.9 Å². The highest BCUT2D eigenvalue weighted by Crippen LogP contribution is 2.33. The summed E-state index contributed by atoms with van der Waals surface area (Å²) in [5, 5.41) is 9.79. The third kappa shape index (κ3) is 7.71. The Morgan fingerprint density at radius 1 is 1.00 bits per heavy atom. The third-order valence-corrected chi connectivity index (χ3v) is 3.25. The number of rotatable bonds is 8. The summed E-state index contributed by atoms with van der Waals surface area (Å²) >= 11 is 3.46. The van der Waals surface area contributed by atoms with Crippen LogP contribution in [0.3, 0.4) is 0 Å². The molecular formula is C17H23BrO5. The van der Waals surface area contributed by atoms with Crippen LogP contribution in [0.2, 0.25) is 0 Å². The Bertz CT molecular complexity index is 555. The molecule has 0 bridgehead atoms. The van der Waals surface area contributed by atoms with Crippen molar-refractivity contribution in [2.24, 2.45) is 0 Å². The lowest BCUT2D eigenvalue weighted by Gasteiger charge is -2.13. The van der Waals surface area contributed by atoms with Crippen molar-refractivity contribution >= 4 is 15.9 Å². The molecule has 1 N–H and O–H groups in total. The van der Waals surface area contributed by atoms with Crippen molar-refractivity contribution < 1.29 is 24.1 Å². The van der Waals surface area contributed by atoms with E-state index in [1.807, 2.05) is 0 Å². The van der Waals surface area contributed by atoms with E-state index in [-0.39, 0.29) is 0 Å². The van der Waals surface area contributed by atoms with Gasteiger partial charge in [-0.2, -0.15) is 0 Å². The normalized spacial score (nSPS) is 10.9. The number of methoxy groups -OCH3 is 2. The summed E-state index contributed by atoms with van der Waals surface area (Å²) in [6.45, 7) is 5.05. The topological polar surface area (TPSA) is 57.2 Å². The Labute approximate surface area is 146 Å².